The Bertz CT molecular complexity index is 508. The Kier molecular flexibility index (Phi) is 3.42. The molecular weight excluding hydrogens is 246 g/mol. The van der Waals surface area contributed by atoms with Crippen LogP contribution in [0.15, 0.2) is 18.3 Å². The van der Waals surface area contributed by atoms with Crippen molar-refractivity contribution in [3.8, 4) is 0 Å². The van der Waals surface area contributed by atoms with Crippen LogP contribution in [0.5, 0.6) is 0 Å². The van der Waals surface area contributed by atoms with Crippen molar-refractivity contribution in [1.82, 2.24) is 4.98 Å². The molecule has 2 heterocycles. The molecule has 0 aromatic carbocycles. The number of carbonyl (C=O) groups is 2. The molecule has 1 aliphatic heterocycles. The third-order valence-corrected chi connectivity index (χ3v) is 3.74. The van der Waals surface area contributed by atoms with Gasteiger partial charge in [-0.2, -0.15) is 0 Å². The quantitative estimate of drug-likeness (QED) is 0.843. The molecule has 19 heavy (non-hydrogen) atoms. The van der Waals surface area contributed by atoms with Gasteiger partial charge in [-0.25, -0.2) is 0 Å². The predicted octanol–water partition coefficient (Wildman–Crippen LogP) is 0.872. The van der Waals surface area contributed by atoms with Crippen LogP contribution in [0.4, 0.5) is 5.69 Å². The zero-order chi connectivity index (χ0) is 14.0. The second-order valence-electron chi connectivity index (χ2n) is 5.12. The fraction of sp³-hybridized carbons (Fsp3) is 0.462. The summed E-state index contributed by atoms with van der Waals surface area (Å²) in [6, 6.07) is 3.45. The third kappa shape index (κ3) is 2.67. The Morgan fingerprint density at radius 1 is 1.42 bits per heavy atom. The zero-order valence-corrected chi connectivity index (χ0v) is 10.8. The van der Waals surface area contributed by atoms with E-state index in [1.54, 1.807) is 25.3 Å². The largest absolute Gasteiger partial charge is 0.481 e. The molecule has 102 valence electrons. The van der Waals surface area contributed by atoms with Gasteiger partial charge in [0.1, 0.15) is 5.69 Å². The van der Waals surface area contributed by atoms with Crippen LogP contribution in [0.25, 0.3) is 0 Å². The molecule has 3 N–H and O–H groups in total. The van der Waals surface area contributed by atoms with E-state index < -0.39 is 17.3 Å². The average Bonchev–Trinajstić information content (AvgIpc) is 2.39. The lowest BCUT2D eigenvalue weighted by molar-refractivity contribution is -0.149. The first kappa shape index (κ1) is 13.3. The van der Waals surface area contributed by atoms with E-state index in [0.717, 1.165) is 5.69 Å². The SMILES string of the molecule is CC1(C(=O)O)CCN(c2ccnc(C(N)=O)c2)CC1. The molecule has 1 aliphatic rings. The van der Waals surface area contributed by atoms with Gasteiger partial charge in [0, 0.05) is 25.0 Å². The van der Waals surface area contributed by atoms with E-state index in [1.807, 2.05) is 0 Å². The smallest absolute Gasteiger partial charge is 0.309 e. The number of nitrogens with two attached hydrogens (primary N) is 1. The second-order valence-corrected chi connectivity index (χ2v) is 5.12. The number of anilines is 1. The van der Waals surface area contributed by atoms with Crippen LogP contribution in [0.2, 0.25) is 0 Å². The van der Waals surface area contributed by atoms with Crippen LogP contribution < -0.4 is 10.6 Å². The maximum absolute atomic E-state index is 11.2. The van der Waals surface area contributed by atoms with E-state index in [1.165, 1.54) is 0 Å². The lowest BCUT2D eigenvalue weighted by Gasteiger charge is -2.37. The number of primary amides is 1. The molecule has 2 rings (SSSR count). The van der Waals surface area contributed by atoms with Gasteiger partial charge in [-0.3, -0.25) is 14.6 Å². The van der Waals surface area contributed by atoms with Crippen LogP contribution in [0.1, 0.15) is 30.3 Å². The number of nitrogens with zero attached hydrogens (tertiary/aromatic N) is 2. The summed E-state index contributed by atoms with van der Waals surface area (Å²) in [6.45, 7) is 3.06. The van der Waals surface area contributed by atoms with Crippen molar-refractivity contribution < 1.29 is 14.7 Å². The van der Waals surface area contributed by atoms with Crippen molar-refractivity contribution in [2.75, 3.05) is 18.0 Å². The lowest BCUT2D eigenvalue weighted by atomic mass is 9.80. The summed E-state index contributed by atoms with van der Waals surface area (Å²) in [6.07, 6.45) is 2.70. The number of rotatable bonds is 3. The number of carboxylic acids is 1. The minimum Gasteiger partial charge on any atom is -0.481 e. The van der Waals surface area contributed by atoms with E-state index in [-0.39, 0.29) is 5.69 Å². The Morgan fingerprint density at radius 3 is 2.58 bits per heavy atom. The number of pyridine rings is 1. The molecule has 0 aliphatic carbocycles. The summed E-state index contributed by atoms with van der Waals surface area (Å²) in [7, 11) is 0. The first-order valence-electron chi connectivity index (χ1n) is 6.16. The summed E-state index contributed by atoms with van der Waals surface area (Å²) in [5, 5.41) is 9.18. The Hall–Kier alpha value is -2.11. The summed E-state index contributed by atoms with van der Waals surface area (Å²) < 4.78 is 0. The minimum atomic E-state index is -0.750. The van der Waals surface area contributed by atoms with Crippen LogP contribution in [-0.2, 0) is 4.79 Å². The highest BCUT2D eigenvalue weighted by Crippen LogP contribution is 2.33. The number of hydrogen-bond donors (Lipinski definition) is 2. The highest BCUT2D eigenvalue weighted by Gasteiger charge is 2.36. The molecule has 6 nitrogen and oxygen atoms in total. The maximum atomic E-state index is 11.2. The number of piperidine rings is 1. The number of aromatic nitrogens is 1. The van der Waals surface area contributed by atoms with E-state index >= 15 is 0 Å². The number of carboxylic acid groups (broad SMARTS) is 1. The van der Waals surface area contributed by atoms with Crippen LogP contribution in [0.3, 0.4) is 0 Å². The first-order valence-corrected chi connectivity index (χ1v) is 6.16. The minimum absolute atomic E-state index is 0.226. The third-order valence-electron chi connectivity index (χ3n) is 3.74. The first-order chi connectivity index (χ1) is 8.92. The predicted molar refractivity (Wildman–Crippen MR) is 69.9 cm³/mol. The molecule has 0 unspecified atom stereocenters. The van der Waals surface area contributed by atoms with E-state index in [0.29, 0.717) is 25.9 Å². The Balaban J connectivity index is 2.12. The number of amides is 1. The number of aliphatic carboxylic acids is 1. The summed E-state index contributed by atoms with van der Waals surface area (Å²) in [5.74, 6) is -1.31. The van der Waals surface area contributed by atoms with E-state index in [4.69, 9.17) is 5.73 Å². The van der Waals surface area contributed by atoms with E-state index in [9.17, 15) is 14.7 Å². The van der Waals surface area contributed by atoms with Gasteiger partial charge in [0.2, 0.25) is 0 Å². The van der Waals surface area contributed by atoms with Gasteiger partial charge >= 0.3 is 5.97 Å². The molecule has 1 amide bonds. The van der Waals surface area contributed by atoms with Crippen molar-refractivity contribution in [3.05, 3.63) is 24.0 Å². The summed E-state index contributed by atoms with van der Waals surface area (Å²) >= 11 is 0. The molecular formula is C13H17N3O3. The van der Waals surface area contributed by atoms with Gasteiger partial charge in [0.05, 0.1) is 5.41 Å². The molecule has 0 atom stereocenters. The van der Waals surface area contributed by atoms with Crippen molar-refractivity contribution >= 4 is 17.6 Å². The molecule has 1 aromatic heterocycles. The molecule has 6 heteroatoms. The van der Waals surface area contributed by atoms with Crippen LogP contribution >= 0.6 is 0 Å². The van der Waals surface area contributed by atoms with Gasteiger partial charge in [-0.1, -0.05) is 0 Å². The molecule has 0 spiro atoms. The molecule has 0 saturated carbocycles. The standard InChI is InChI=1S/C13H17N3O3/c1-13(12(18)19)3-6-16(7-4-13)9-2-5-15-10(8-9)11(14)17/h2,5,8H,3-4,6-7H2,1H3,(H2,14,17)(H,18,19). The summed E-state index contributed by atoms with van der Waals surface area (Å²) in [4.78, 5) is 28.2. The van der Waals surface area contributed by atoms with Crippen molar-refractivity contribution in [1.29, 1.82) is 0 Å². The Labute approximate surface area is 111 Å². The van der Waals surface area contributed by atoms with Crippen LogP contribution in [-0.4, -0.2) is 35.1 Å². The topological polar surface area (TPSA) is 96.5 Å². The van der Waals surface area contributed by atoms with Gasteiger partial charge in [-0.15, -0.1) is 0 Å². The molecule has 1 saturated heterocycles. The summed E-state index contributed by atoms with van der Waals surface area (Å²) in [5.41, 5.74) is 5.62. The average molecular weight is 263 g/mol. The fourth-order valence-corrected chi connectivity index (χ4v) is 2.22. The van der Waals surface area contributed by atoms with Crippen molar-refractivity contribution in [2.45, 2.75) is 19.8 Å². The Morgan fingerprint density at radius 2 is 2.05 bits per heavy atom. The van der Waals surface area contributed by atoms with Crippen LogP contribution in [0, 0.1) is 5.41 Å². The molecule has 1 aromatic rings. The highest BCUT2D eigenvalue weighted by molar-refractivity contribution is 5.91. The van der Waals surface area contributed by atoms with Crippen molar-refractivity contribution in [3.63, 3.8) is 0 Å². The zero-order valence-electron chi connectivity index (χ0n) is 10.8. The lowest BCUT2D eigenvalue weighted by Crippen LogP contribution is -2.42. The highest BCUT2D eigenvalue weighted by atomic mass is 16.4. The number of hydrogen-bond acceptors (Lipinski definition) is 4. The normalized spacial score (nSPS) is 18.1. The molecule has 0 bridgehead atoms. The monoisotopic (exact) mass is 263 g/mol. The maximum Gasteiger partial charge on any atom is 0.309 e. The molecule has 0 radical (unpaired) electrons. The fourth-order valence-electron chi connectivity index (χ4n) is 2.22. The van der Waals surface area contributed by atoms with Crippen molar-refractivity contribution in [2.24, 2.45) is 11.1 Å². The molecule has 1 fully saturated rings. The van der Waals surface area contributed by atoms with Gasteiger partial charge < -0.3 is 15.7 Å². The van der Waals surface area contributed by atoms with Gasteiger partial charge in [0.25, 0.3) is 5.91 Å². The van der Waals surface area contributed by atoms with E-state index in [2.05, 4.69) is 9.88 Å². The number of carbonyl (C=O) groups excluding carboxylic acids is 1. The van der Waals surface area contributed by atoms with Gasteiger partial charge in [-0.05, 0) is 31.9 Å². The second kappa shape index (κ2) is 4.87. The van der Waals surface area contributed by atoms with Gasteiger partial charge in [0.15, 0.2) is 0 Å².